The van der Waals surface area contributed by atoms with Crippen LogP contribution in [0.5, 0.6) is 0 Å². The van der Waals surface area contributed by atoms with E-state index in [0.717, 1.165) is 46.3 Å². The molecule has 3 aromatic rings. The van der Waals surface area contributed by atoms with Crippen LogP contribution in [0.1, 0.15) is 61.1 Å². The topological polar surface area (TPSA) is 54.3 Å². The molecule has 3 atom stereocenters. The van der Waals surface area contributed by atoms with Gasteiger partial charge in [0.25, 0.3) is 5.91 Å². The summed E-state index contributed by atoms with van der Waals surface area (Å²) in [5.74, 6) is 0.279. The van der Waals surface area contributed by atoms with Crippen LogP contribution in [-0.2, 0) is 11.3 Å². The van der Waals surface area contributed by atoms with Gasteiger partial charge < -0.3 is 9.88 Å². The van der Waals surface area contributed by atoms with Crippen LogP contribution in [0.2, 0.25) is 0 Å². The average molecular weight is 450 g/mol. The number of carbonyl (C=O) groups excluding carboxylic acids is 2. The van der Waals surface area contributed by atoms with Gasteiger partial charge in [0.05, 0.1) is 16.8 Å². The monoisotopic (exact) mass is 449 g/mol. The van der Waals surface area contributed by atoms with E-state index in [-0.39, 0.29) is 17.9 Å². The van der Waals surface area contributed by atoms with E-state index in [1.165, 1.54) is 6.42 Å². The Balaban J connectivity index is 1.61. The molecule has 0 spiro atoms. The highest BCUT2D eigenvalue weighted by Crippen LogP contribution is 2.38. The lowest BCUT2D eigenvalue weighted by Gasteiger charge is -2.45. The number of nitrogens with zero attached hydrogens (tertiary/aromatic N) is 2. The van der Waals surface area contributed by atoms with Gasteiger partial charge in [-0.05, 0) is 80.3 Å². The summed E-state index contributed by atoms with van der Waals surface area (Å²) in [6, 6.07) is 10.3. The summed E-state index contributed by atoms with van der Waals surface area (Å²) in [7, 11) is 0. The van der Waals surface area contributed by atoms with Crippen LogP contribution in [-0.4, -0.2) is 28.0 Å². The molecule has 32 heavy (non-hydrogen) atoms. The molecule has 1 fully saturated rings. The molecular weight excluding hydrogens is 418 g/mol. The Morgan fingerprint density at radius 2 is 1.84 bits per heavy atom. The Kier molecular flexibility index (Phi) is 5.16. The smallest absolute Gasteiger partial charge is 0.275 e. The van der Waals surface area contributed by atoms with Gasteiger partial charge in [-0.25, -0.2) is 0 Å². The van der Waals surface area contributed by atoms with Crippen molar-refractivity contribution in [2.24, 2.45) is 5.92 Å². The molecule has 168 valence electrons. The van der Waals surface area contributed by atoms with Gasteiger partial charge in [-0.3, -0.25) is 14.5 Å². The SMILES string of the molecule is Cc1cc(C)cc(N2C(=O)c3cc4sccc4n3C[C@]2(C)C(=O)N[C@H]2CCCC[C@H]2C)c1. The van der Waals surface area contributed by atoms with Gasteiger partial charge in [-0.1, -0.05) is 25.8 Å². The zero-order chi connectivity index (χ0) is 22.6. The van der Waals surface area contributed by atoms with Gasteiger partial charge in [0, 0.05) is 11.7 Å². The van der Waals surface area contributed by atoms with Crippen molar-refractivity contribution < 1.29 is 9.59 Å². The Morgan fingerprint density at radius 3 is 2.56 bits per heavy atom. The quantitative estimate of drug-likeness (QED) is 0.579. The number of anilines is 1. The predicted octanol–water partition coefficient (Wildman–Crippen LogP) is 5.43. The first kappa shape index (κ1) is 21.3. The first-order valence-corrected chi connectivity index (χ1v) is 12.5. The Morgan fingerprint density at radius 1 is 1.12 bits per heavy atom. The maximum atomic E-state index is 13.9. The van der Waals surface area contributed by atoms with Crippen LogP contribution in [0.4, 0.5) is 5.69 Å². The highest BCUT2D eigenvalue weighted by Gasteiger charge is 2.49. The fourth-order valence-corrected chi connectivity index (χ4v) is 6.37. The molecule has 1 aromatic carbocycles. The van der Waals surface area contributed by atoms with Crippen LogP contribution in [0.25, 0.3) is 10.2 Å². The normalized spacial score (nSPS) is 25.8. The number of benzene rings is 1. The van der Waals surface area contributed by atoms with Gasteiger partial charge in [-0.2, -0.15) is 0 Å². The Hall–Kier alpha value is -2.60. The molecule has 0 unspecified atom stereocenters. The molecule has 5 rings (SSSR count). The molecule has 0 radical (unpaired) electrons. The third-order valence-corrected chi connectivity index (χ3v) is 8.14. The summed E-state index contributed by atoms with van der Waals surface area (Å²) in [4.78, 5) is 29.6. The van der Waals surface area contributed by atoms with E-state index in [4.69, 9.17) is 0 Å². The number of thiophene rings is 1. The maximum absolute atomic E-state index is 13.9. The first-order valence-electron chi connectivity index (χ1n) is 11.6. The Bertz CT molecular complexity index is 1190. The number of amides is 2. The number of aromatic nitrogens is 1. The largest absolute Gasteiger partial charge is 0.351 e. The highest BCUT2D eigenvalue weighted by molar-refractivity contribution is 7.17. The summed E-state index contributed by atoms with van der Waals surface area (Å²) in [6.07, 6.45) is 4.51. The molecule has 2 amide bonds. The maximum Gasteiger partial charge on any atom is 0.275 e. The van der Waals surface area contributed by atoms with Crippen LogP contribution >= 0.6 is 11.3 Å². The van der Waals surface area contributed by atoms with Crippen molar-refractivity contribution in [2.75, 3.05) is 4.90 Å². The first-order chi connectivity index (χ1) is 15.3. The number of aryl methyl sites for hydroxylation is 2. The summed E-state index contributed by atoms with van der Waals surface area (Å²) >= 11 is 1.63. The minimum Gasteiger partial charge on any atom is -0.351 e. The second-order valence-corrected chi connectivity index (χ2v) is 10.8. The summed E-state index contributed by atoms with van der Waals surface area (Å²) < 4.78 is 3.12. The van der Waals surface area contributed by atoms with Crippen LogP contribution in [0.15, 0.2) is 35.7 Å². The predicted molar refractivity (Wildman–Crippen MR) is 131 cm³/mol. The van der Waals surface area contributed by atoms with Crippen molar-refractivity contribution in [3.63, 3.8) is 0 Å². The van der Waals surface area contributed by atoms with E-state index < -0.39 is 5.54 Å². The summed E-state index contributed by atoms with van der Waals surface area (Å²) in [5.41, 5.74) is 3.62. The van der Waals surface area contributed by atoms with Crippen molar-refractivity contribution in [3.8, 4) is 0 Å². The van der Waals surface area contributed by atoms with Gasteiger partial charge in [0.2, 0.25) is 5.91 Å². The third kappa shape index (κ3) is 3.36. The molecule has 2 aromatic heterocycles. The van der Waals surface area contributed by atoms with E-state index in [0.29, 0.717) is 18.2 Å². The number of hydrogen-bond donors (Lipinski definition) is 1. The van der Waals surface area contributed by atoms with Gasteiger partial charge in [-0.15, -0.1) is 11.3 Å². The Labute approximate surface area is 193 Å². The van der Waals surface area contributed by atoms with Gasteiger partial charge in [0.1, 0.15) is 11.2 Å². The number of hydrogen-bond acceptors (Lipinski definition) is 3. The minimum atomic E-state index is -1.02. The lowest BCUT2D eigenvalue weighted by Crippen LogP contribution is -2.65. The fraction of sp³-hybridized carbons (Fsp3) is 0.462. The standard InChI is InChI=1S/C26H31N3O2S/c1-16-11-17(2)13-19(12-16)29-24(30)22-14-23-21(9-10-32-23)28(22)15-26(29,4)25(31)27-20-8-6-5-7-18(20)3/h9-14,18,20H,5-8,15H2,1-4H3,(H,27,31)/t18-,20+,26-/m1/s1. The lowest BCUT2D eigenvalue weighted by atomic mass is 9.84. The van der Waals surface area contributed by atoms with Crippen LogP contribution in [0.3, 0.4) is 0 Å². The molecule has 1 saturated carbocycles. The molecule has 5 nitrogen and oxygen atoms in total. The van der Waals surface area contributed by atoms with Gasteiger partial charge >= 0.3 is 0 Å². The van der Waals surface area contributed by atoms with Crippen molar-refractivity contribution >= 4 is 39.1 Å². The average Bonchev–Trinajstić information content (AvgIpc) is 3.31. The molecule has 3 heterocycles. The minimum absolute atomic E-state index is 0.0634. The van der Waals surface area contributed by atoms with Crippen LogP contribution in [0, 0.1) is 19.8 Å². The van der Waals surface area contributed by atoms with Crippen molar-refractivity contribution in [1.29, 1.82) is 0 Å². The number of fused-ring (bicyclic) bond motifs is 3. The van der Waals surface area contributed by atoms with E-state index in [2.05, 4.69) is 18.3 Å². The van der Waals surface area contributed by atoms with E-state index in [1.54, 1.807) is 16.2 Å². The zero-order valence-electron chi connectivity index (χ0n) is 19.3. The number of nitrogens with one attached hydrogen (secondary N) is 1. The fourth-order valence-electron chi connectivity index (χ4n) is 5.55. The highest BCUT2D eigenvalue weighted by atomic mass is 32.1. The molecule has 1 aliphatic carbocycles. The van der Waals surface area contributed by atoms with E-state index in [9.17, 15) is 9.59 Å². The van der Waals surface area contributed by atoms with E-state index in [1.807, 2.05) is 55.0 Å². The number of rotatable bonds is 3. The zero-order valence-corrected chi connectivity index (χ0v) is 20.1. The van der Waals surface area contributed by atoms with Crippen LogP contribution < -0.4 is 10.2 Å². The lowest BCUT2D eigenvalue weighted by molar-refractivity contribution is -0.127. The number of carbonyl (C=O) groups is 2. The molecule has 2 aliphatic rings. The molecule has 6 heteroatoms. The molecule has 0 bridgehead atoms. The third-order valence-electron chi connectivity index (χ3n) is 7.29. The molecule has 1 N–H and O–H groups in total. The second kappa shape index (κ2) is 7.77. The molecule has 1 aliphatic heterocycles. The second-order valence-electron chi connectivity index (χ2n) is 9.89. The van der Waals surface area contributed by atoms with Crippen molar-refractivity contribution in [1.82, 2.24) is 9.88 Å². The van der Waals surface area contributed by atoms with Crippen molar-refractivity contribution in [2.45, 2.75) is 71.5 Å². The van der Waals surface area contributed by atoms with E-state index >= 15 is 0 Å². The molecule has 0 saturated heterocycles. The molecular formula is C26H31N3O2S. The van der Waals surface area contributed by atoms with Crippen molar-refractivity contribution in [3.05, 3.63) is 52.5 Å². The summed E-state index contributed by atoms with van der Waals surface area (Å²) in [5, 5.41) is 5.39. The van der Waals surface area contributed by atoms with Gasteiger partial charge in [0.15, 0.2) is 0 Å². The summed E-state index contributed by atoms with van der Waals surface area (Å²) in [6.45, 7) is 8.65.